The number of carbonyl (C=O) groups is 2. The van der Waals surface area contributed by atoms with Gasteiger partial charge in [0.1, 0.15) is 22.4 Å². The van der Waals surface area contributed by atoms with E-state index in [1.165, 1.54) is 21.2 Å². The molecule has 4 rings (SSSR count). The molecule has 4 aromatic rings. The first-order chi connectivity index (χ1) is 15.4. The van der Waals surface area contributed by atoms with E-state index in [9.17, 15) is 19.2 Å². The number of fused-ring (bicyclic) bond motifs is 2. The topological polar surface area (TPSA) is 132 Å². The van der Waals surface area contributed by atoms with Gasteiger partial charge in [-0.25, -0.2) is 19.6 Å². The Morgan fingerprint density at radius 1 is 0.875 bits per heavy atom. The number of ether oxygens (including phenoxy) is 1. The van der Waals surface area contributed by atoms with Crippen molar-refractivity contribution in [1.29, 1.82) is 0 Å². The van der Waals surface area contributed by atoms with Gasteiger partial charge in [-0.3, -0.25) is 18.4 Å². The highest BCUT2D eigenvalue weighted by molar-refractivity contribution is 5.88. The van der Waals surface area contributed by atoms with Crippen LogP contribution in [0.25, 0.3) is 11.3 Å². The zero-order valence-corrected chi connectivity index (χ0v) is 17.8. The van der Waals surface area contributed by atoms with Gasteiger partial charge in [-0.15, -0.1) is 0 Å². The fourth-order valence-corrected chi connectivity index (χ4v) is 2.55. The van der Waals surface area contributed by atoms with Crippen LogP contribution in [-0.2, 0) is 4.74 Å². The van der Waals surface area contributed by atoms with Gasteiger partial charge in [0, 0.05) is 24.8 Å². The third-order valence-electron chi connectivity index (χ3n) is 3.95. The first kappa shape index (κ1) is 23.9. The lowest BCUT2D eigenvalue weighted by molar-refractivity contribution is 0.0523. The number of nitrogens with zero attached hydrogens (tertiary/aromatic N) is 4. The summed E-state index contributed by atoms with van der Waals surface area (Å²) in [7, 11) is 0. The summed E-state index contributed by atoms with van der Waals surface area (Å²) in [6, 6.07) is 10.2. The van der Waals surface area contributed by atoms with E-state index in [1.54, 1.807) is 49.5 Å². The Hall–Kier alpha value is -4.34. The number of carboxylic acid groups (broad SMARTS) is 1. The zero-order valence-electron chi connectivity index (χ0n) is 17.8. The van der Waals surface area contributed by atoms with Gasteiger partial charge in [-0.1, -0.05) is 26.0 Å². The summed E-state index contributed by atoms with van der Waals surface area (Å²) in [6.45, 7) is 5.92. The lowest BCUT2D eigenvalue weighted by atomic mass is 10.3. The standard InChI is InChI=1S/C11H10N2O3.C9H6N2O3.C2H6/c1-2-16-11(15)8-7-12-9-5-3-4-6-13(9)10(8)14;12-8-6(9(13)14)5-10-7-3-1-2-4-11(7)8;1-2/h3-7H,2H2,1H3;1-5H,(H,13,14);1-2H3. The molecule has 0 fully saturated rings. The minimum Gasteiger partial charge on any atom is -0.477 e. The molecule has 4 heterocycles. The Labute approximate surface area is 182 Å². The van der Waals surface area contributed by atoms with Gasteiger partial charge in [0.2, 0.25) is 0 Å². The lowest BCUT2D eigenvalue weighted by Gasteiger charge is -2.03. The second-order valence-electron chi connectivity index (χ2n) is 5.84. The predicted molar refractivity (Wildman–Crippen MR) is 117 cm³/mol. The van der Waals surface area contributed by atoms with Crippen LogP contribution in [0.1, 0.15) is 41.5 Å². The van der Waals surface area contributed by atoms with Crippen LogP contribution in [0.4, 0.5) is 0 Å². The van der Waals surface area contributed by atoms with Crippen LogP contribution in [0.5, 0.6) is 0 Å². The summed E-state index contributed by atoms with van der Waals surface area (Å²) in [5.74, 6) is -1.90. The van der Waals surface area contributed by atoms with Crippen molar-refractivity contribution in [2.75, 3.05) is 6.61 Å². The third-order valence-corrected chi connectivity index (χ3v) is 3.95. The average Bonchev–Trinajstić information content (AvgIpc) is 2.81. The summed E-state index contributed by atoms with van der Waals surface area (Å²) < 4.78 is 7.28. The largest absolute Gasteiger partial charge is 0.477 e. The molecule has 10 nitrogen and oxygen atoms in total. The molecule has 10 heteroatoms. The van der Waals surface area contributed by atoms with E-state index in [0.29, 0.717) is 11.3 Å². The molecule has 0 bridgehead atoms. The second-order valence-corrected chi connectivity index (χ2v) is 5.84. The Kier molecular flexibility index (Phi) is 8.35. The van der Waals surface area contributed by atoms with Crippen molar-refractivity contribution in [3.8, 4) is 0 Å². The maximum Gasteiger partial charge on any atom is 0.345 e. The maximum absolute atomic E-state index is 11.9. The van der Waals surface area contributed by atoms with E-state index in [-0.39, 0.29) is 17.7 Å². The number of hydrogen-bond donors (Lipinski definition) is 1. The van der Waals surface area contributed by atoms with E-state index < -0.39 is 23.1 Å². The molecule has 0 saturated carbocycles. The van der Waals surface area contributed by atoms with Crippen molar-refractivity contribution in [2.45, 2.75) is 20.8 Å². The molecule has 0 aliphatic heterocycles. The van der Waals surface area contributed by atoms with E-state index >= 15 is 0 Å². The first-order valence-corrected chi connectivity index (χ1v) is 9.77. The third kappa shape index (κ3) is 5.22. The first-order valence-electron chi connectivity index (χ1n) is 9.77. The van der Waals surface area contributed by atoms with Crippen LogP contribution >= 0.6 is 0 Å². The lowest BCUT2D eigenvalue weighted by Crippen LogP contribution is -2.24. The van der Waals surface area contributed by atoms with Gasteiger partial charge in [0.15, 0.2) is 0 Å². The van der Waals surface area contributed by atoms with Crippen molar-refractivity contribution >= 4 is 23.2 Å². The SMILES string of the molecule is CC.CCOC(=O)c1cnc2ccccn2c1=O.O=C(O)c1cnc2ccccn2c1=O. The van der Waals surface area contributed by atoms with Crippen LogP contribution in [0.2, 0.25) is 0 Å². The van der Waals surface area contributed by atoms with Gasteiger partial charge in [0.25, 0.3) is 11.1 Å². The normalized spacial score (nSPS) is 9.84. The number of hydrogen-bond acceptors (Lipinski definition) is 7. The molecule has 32 heavy (non-hydrogen) atoms. The molecule has 4 aromatic heterocycles. The van der Waals surface area contributed by atoms with Crippen molar-refractivity contribution in [1.82, 2.24) is 18.8 Å². The van der Waals surface area contributed by atoms with Crippen molar-refractivity contribution in [3.05, 3.63) is 93.0 Å². The van der Waals surface area contributed by atoms with Gasteiger partial charge < -0.3 is 9.84 Å². The summed E-state index contributed by atoms with van der Waals surface area (Å²) in [5, 5.41) is 8.67. The van der Waals surface area contributed by atoms with Gasteiger partial charge in [-0.2, -0.15) is 0 Å². The Bertz CT molecular complexity index is 1360. The molecule has 0 spiro atoms. The quantitative estimate of drug-likeness (QED) is 0.482. The van der Waals surface area contributed by atoms with Gasteiger partial charge in [-0.05, 0) is 31.2 Å². The number of aromatic carboxylic acids is 1. The molecule has 0 aliphatic rings. The smallest absolute Gasteiger partial charge is 0.345 e. The summed E-state index contributed by atoms with van der Waals surface area (Å²) in [4.78, 5) is 53.3. The number of esters is 1. The maximum atomic E-state index is 11.9. The van der Waals surface area contributed by atoms with Crippen LogP contribution in [0, 0.1) is 0 Å². The summed E-state index contributed by atoms with van der Waals surface area (Å²) in [6.07, 6.45) is 5.36. The number of carbonyl (C=O) groups excluding carboxylic acids is 1. The van der Waals surface area contributed by atoms with Crippen molar-refractivity contribution in [2.24, 2.45) is 0 Å². The fourth-order valence-electron chi connectivity index (χ4n) is 2.55. The molecular formula is C22H22N4O6. The van der Waals surface area contributed by atoms with E-state index in [0.717, 1.165) is 6.20 Å². The fraction of sp³-hybridized carbons (Fsp3) is 0.182. The minimum absolute atomic E-state index is 0.0504. The highest BCUT2D eigenvalue weighted by Crippen LogP contribution is 1.99. The Morgan fingerprint density at radius 2 is 1.34 bits per heavy atom. The number of pyridine rings is 2. The summed E-state index contributed by atoms with van der Waals surface area (Å²) in [5.41, 5.74) is -0.422. The molecule has 0 aromatic carbocycles. The molecule has 0 amide bonds. The summed E-state index contributed by atoms with van der Waals surface area (Å²) >= 11 is 0. The monoisotopic (exact) mass is 438 g/mol. The molecule has 0 unspecified atom stereocenters. The van der Waals surface area contributed by atoms with Crippen molar-refractivity contribution < 1.29 is 19.4 Å². The highest BCUT2D eigenvalue weighted by Gasteiger charge is 2.13. The van der Waals surface area contributed by atoms with E-state index in [1.807, 2.05) is 13.8 Å². The van der Waals surface area contributed by atoms with E-state index in [4.69, 9.17) is 9.84 Å². The van der Waals surface area contributed by atoms with Crippen LogP contribution in [0.3, 0.4) is 0 Å². The van der Waals surface area contributed by atoms with Crippen LogP contribution in [0.15, 0.2) is 70.8 Å². The molecule has 1 N–H and O–H groups in total. The molecule has 0 aliphatic carbocycles. The minimum atomic E-state index is -1.26. The molecular weight excluding hydrogens is 416 g/mol. The van der Waals surface area contributed by atoms with Gasteiger partial charge >= 0.3 is 11.9 Å². The molecule has 166 valence electrons. The Morgan fingerprint density at radius 3 is 1.81 bits per heavy atom. The number of rotatable bonds is 3. The molecule has 0 radical (unpaired) electrons. The van der Waals surface area contributed by atoms with Crippen LogP contribution < -0.4 is 11.1 Å². The highest BCUT2D eigenvalue weighted by atomic mass is 16.5. The average molecular weight is 438 g/mol. The zero-order chi connectivity index (χ0) is 23.7. The van der Waals surface area contributed by atoms with Gasteiger partial charge in [0.05, 0.1) is 6.61 Å². The van der Waals surface area contributed by atoms with E-state index in [2.05, 4.69) is 9.97 Å². The van der Waals surface area contributed by atoms with Crippen molar-refractivity contribution in [3.63, 3.8) is 0 Å². The van der Waals surface area contributed by atoms with Crippen LogP contribution in [-0.4, -0.2) is 42.4 Å². The predicted octanol–water partition coefficient (Wildman–Crippen LogP) is 2.29. The molecule has 0 saturated heterocycles. The second kappa shape index (κ2) is 11.2. The number of aromatic nitrogens is 4. The molecule has 0 atom stereocenters. The Balaban J connectivity index is 0.000000212. The number of carboxylic acids is 1.